The number of benzene rings is 10. The van der Waals surface area contributed by atoms with Crippen molar-refractivity contribution in [2.75, 3.05) is 0 Å². The predicted molar refractivity (Wildman–Crippen MR) is 302 cm³/mol. The zero-order chi connectivity index (χ0) is 49.0. The number of aromatic nitrogens is 5. The van der Waals surface area contributed by atoms with E-state index < -0.39 is 6.17 Å². The highest BCUT2D eigenvalue weighted by atomic mass is 15.2. The average Bonchev–Trinajstić information content (AvgIpc) is 4.00. The van der Waals surface area contributed by atoms with Gasteiger partial charge >= 0.3 is 0 Å². The molecule has 3 aromatic heterocycles. The van der Waals surface area contributed by atoms with Crippen LogP contribution in [0.3, 0.4) is 0 Å². The van der Waals surface area contributed by atoms with Crippen LogP contribution in [0.15, 0.2) is 265 Å². The molecule has 1 aliphatic heterocycles. The second-order valence-electron chi connectivity index (χ2n) is 18.5. The third kappa shape index (κ3) is 7.52. The van der Waals surface area contributed by atoms with Crippen LogP contribution in [0.2, 0.25) is 0 Å². The lowest BCUT2D eigenvalue weighted by atomic mass is 9.95. The van der Waals surface area contributed by atoms with E-state index in [4.69, 9.17) is 24.9 Å². The monoisotopic (exact) mass is 948 g/mol. The highest BCUT2D eigenvalue weighted by molar-refractivity contribution is 6.17. The molecule has 1 N–H and O–H groups in total. The number of para-hydroxylation sites is 4. The van der Waals surface area contributed by atoms with Crippen molar-refractivity contribution in [2.24, 2.45) is 9.98 Å². The maximum absolute atomic E-state index is 5.43. The summed E-state index contributed by atoms with van der Waals surface area (Å²) >= 11 is 0. The number of hydrogen-bond acceptors (Lipinski definition) is 6. The summed E-state index contributed by atoms with van der Waals surface area (Å²) in [6.07, 6.45) is -0.423. The Labute approximate surface area is 427 Å². The molecule has 0 saturated carbocycles. The molecule has 1 aliphatic rings. The van der Waals surface area contributed by atoms with E-state index in [0.717, 1.165) is 89.2 Å². The normalized spacial score (nSPS) is 13.5. The second kappa shape index (κ2) is 18.0. The van der Waals surface area contributed by atoms with Gasteiger partial charge in [0.1, 0.15) is 12.0 Å². The molecule has 13 aromatic rings. The molecule has 14 rings (SSSR count). The Morgan fingerprint density at radius 3 is 1.45 bits per heavy atom. The van der Waals surface area contributed by atoms with Crippen LogP contribution in [0, 0.1) is 0 Å². The second-order valence-corrected chi connectivity index (χ2v) is 18.5. The molecule has 0 saturated heterocycles. The lowest BCUT2D eigenvalue weighted by Gasteiger charge is -2.24. The van der Waals surface area contributed by atoms with Crippen LogP contribution >= 0.6 is 0 Å². The molecule has 10 aromatic carbocycles. The molecule has 0 radical (unpaired) electrons. The van der Waals surface area contributed by atoms with Gasteiger partial charge in [0.2, 0.25) is 0 Å². The number of rotatable bonds is 9. The number of aliphatic imine (C=N–C) groups is 2. The SMILES string of the molecule is c1ccc(-c2nc(-c3ccccc3)nc(-c3cc(C4=NC(c5ccccc5)NC(c5ccc6c7ccccc7n(-c7ccccc7)c6c5)=N4)ccc3-c3ccc4c(c3)c3ccccc3n4-c3ccccc3)n2)cc1. The molecule has 0 amide bonds. The van der Waals surface area contributed by atoms with Crippen molar-refractivity contribution in [1.82, 2.24) is 29.4 Å². The molecule has 8 nitrogen and oxygen atoms in total. The maximum atomic E-state index is 5.43. The number of nitrogens with one attached hydrogen (secondary N) is 1. The number of amidine groups is 2. The quantitative estimate of drug-likeness (QED) is 0.156. The number of fused-ring (bicyclic) bond motifs is 6. The van der Waals surface area contributed by atoms with Gasteiger partial charge in [-0.2, -0.15) is 0 Å². The number of hydrogen-bond donors (Lipinski definition) is 1. The van der Waals surface area contributed by atoms with Crippen molar-refractivity contribution in [3.05, 3.63) is 271 Å². The van der Waals surface area contributed by atoms with Gasteiger partial charge in [0.05, 0.1) is 22.1 Å². The summed E-state index contributed by atoms with van der Waals surface area (Å²) in [5.41, 5.74) is 14.1. The van der Waals surface area contributed by atoms with E-state index in [-0.39, 0.29) is 0 Å². The van der Waals surface area contributed by atoms with Crippen LogP contribution in [0.4, 0.5) is 0 Å². The van der Waals surface area contributed by atoms with Crippen molar-refractivity contribution in [2.45, 2.75) is 6.17 Å². The van der Waals surface area contributed by atoms with Crippen molar-refractivity contribution >= 4 is 55.3 Å². The largest absolute Gasteiger partial charge is 0.344 e. The van der Waals surface area contributed by atoms with Crippen LogP contribution in [-0.4, -0.2) is 35.8 Å². The van der Waals surface area contributed by atoms with Crippen molar-refractivity contribution in [3.63, 3.8) is 0 Å². The van der Waals surface area contributed by atoms with Crippen LogP contribution < -0.4 is 5.32 Å². The molecule has 4 heterocycles. The smallest absolute Gasteiger partial charge is 0.164 e. The van der Waals surface area contributed by atoms with E-state index in [2.05, 4.69) is 203 Å². The molecule has 74 heavy (non-hydrogen) atoms. The fraction of sp³-hybridized carbons (Fsp3) is 0.0152. The molecule has 348 valence electrons. The van der Waals surface area contributed by atoms with Gasteiger partial charge in [-0.3, -0.25) is 0 Å². The Bertz CT molecular complexity index is 4260. The van der Waals surface area contributed by atoms with E-state index in [9.17, 15) is 0 Å². The van der Waals surface area contributed by atoms with Crippen LogP contribution in [0.25, 0.3) is 100 Å². The number of nitrogens with zero attached hydrogens (tertiary/aromatic N) is 7. The summed E-state index contributed by atoms with van der Waals surface area (Å²) in [6, 6.07) is 88.8. The third-order valence-corrected chi connectivity index (χ3v) is 14.0. The van der Waals surface area contributed by atoms with Crippen molar-refractivity contribution in [1.29, 1.82) is 0 Å². The van der Waals surface area contributed by atoms with Gasteiger partial charge in [-0.25, -0.2) is 24.9 Å². The van der Waals surface area contributed by atoms with Crippen LogP contribution in [0.5, 0.6) is 0 Å². The fourth-order valence-electron chi connectivity index (χ4n) is 10.5. The summed E-state index contributed by atoms with van der Waals surface area (Å²) in [5.74, 6) is 3.02. The first-order chi connectivity index (χ1) is 36.7. The molecular weight excluding hydrogens is 905 g/mol. The molecule has 0 spiro atoms. The van der Waals surface area contributed by atoms with E-state index in [1.165, 1.54) is 16.2 Å². The minimum atomic E-state index is -0.423. The molecule has 0 aliphatic carbocycles. The minimum absolute atomic E-state index is 0.423. The Hall–Kier alpha value is -10.1. The molecule has 8 heteroatoms. The van der Waals surface area contributed by atoms with Crippen molar-refractivity contribution < 1.29 is 0 Å². The summed E-state index contributed by atoms with van der Waals surface area (Å²) in [4.78, 5) is 26.5. The van der Waals surface area contributed by atoms with E-state index in [1.807, 2.05) is 66.7 Å². The molecule has 0 fully saturated rings. The minimum Gasteiger partial charge on any atom is -0.344 e. The molecule has 0 bridgehead atoms. The van der Waals surface area contributed by atoms with Gasteiger partial charge in [0.15, 0.2) is 23.3 Å². The van der Waals surface area contributed by atoms with Gasteiger partial charge in [-0.05, 0) is 77.4 Å². The zero-order valence-corrected chi connectivity index (χ0v) is 40.0. The van der Waals surface area contributed by atoms with Gasteiger partial charge < -0.3 is 14.5 Å². The lowest BCUT2D eigenvalue weighted by Crippen LogP contribution is -2.33. The Morgan fingerprint density at radius 2 is 0.811 bits per heavy atom. The van der Waals surface area contributed by atoms with Crippen LogP contribution in [-0.2, 0) is 0 Å². The summed E-state index contributed by atoms with van der Waals surface area (Å²) in [6.45, 7) is 0. The first-order valence-electron chi connectivity index (χ1n) is 24.9. The maximum Gasteiger partial charge on any atom is 0.164 e. The zero-order valence-electron chi connectivity index (χ0n) is 40.0. The van der Waals surface area contributed by atoms with Crippen molar-refractivity contribution in [3.8, 4) is 56.7 Å². The molecular formula is C66H44N8. The van der Waals surface area contributed by atoms with Gasteiger partial charge in [0.25, 0.3) is 0 Å². The van der Waals surface area contributed by atoms with E-state index in [1.54, 1.807) is 0 Å². The standard InChI is InChI=1S/C66H44N8/c1-6-20-43(21-7-1)61-68-64(70-65(69-61)48-35-38-54-52-30-16-18-32-57(52)74(60(54)42-48)50-28-14-5-15-29-50)47-34-37-51(46-36-39-59-55(40-46)53-31-17-19-33-58(53)73(59)49-26-12-4-13-27-49)56(41-47)66-71-62(44-22-8-2-9-23-44)67-63(72-66)45-24-10-3-11-25-45/h1-42,61H,(H,68,69,70). The summed E-state index contributed by atoms with van der Waals surface area (Å²) in [7, 11) is 0. The third-order valence-electron chi connectivity index (χ3n) is 14.0. The Morgan fingerprint density at radius 1 is 0.324 bits per heavy atom. The van der Waals surface area contributed by atoms with E-state index >= 15 is 0 Å². The van der Waals surface area contributed by atoms with Gasteiger partial charge in [-0.1, -0.05) is 194 Å². The summed E-state index contributed by atoms with van der Waals surface area (Å²) in [5, 5.41) is 8.42. The highest BCUT2D eigenvalue weighted by Crippen LogP contribution is 2.40. The Kier molecular flexibility index (Phi) is 10.4. The fourth-order valence-corrected chi connectivity index (χ4v) is 10.5. The molecule has 1 atom stereocenters. The van der Waals surface area contributed by atoms with Crippen LogP contribution in [0.1, 0.15) is 22.9 Å². The summed E-state index contributed by atoms with van der Waals surface area (Å²) < 4.78 is 4.68. The highest BCUT2D eigenvalue weighted by Gasteiger charge is 2.25. The lowest BCUT2D eigenvalue weighted by molar-refractivity contribution is 0.674. The first-order valence-corrected chi connectivity index (χ1v) is 24.9. The Balaban J connectivity index is 0.985. The molecule has 1 unspecified atom stereocenters. The average molecular weight is 949 g/mol. The van der Waals surface area contributed by atoms with E-state index in [0.29, 0.717) is 23.3 Å². The first kappa shape index (κ1) is 42.8. The topological polar surface area (TPSA) is 85.3 Å². The van der Waals surface area contributed by atoms with Gasteiger partial charge in [0, 0.05) is 60.7 Å². The van der Waals surface area contributed by atoms with Gasteiger partial charge in [-0.15, -0.1) is 0 Å². The predicted octanol–water partition coefficient (Wildman–Crippen LogP) is 15.2.